The summed E-state index contributed by atoms with van der Waals surface area (Å²) in [6.07, 6.45) is 1.34. The highest BCUT2D eigenvalue weighted by molar-refractivity contribution is 5.47. The second kappa shape index (κ2) is 5.78. The second-order valence-electron chi connectivity index (χ2n) is 5.88. The van der Waals surface area contributed by atoms with Crippen molar-refractivity contribution in [1.29, 1.82) is 0 Å². The summed E-state index contributed by atoms with van der Waals surface area (Å²) in [5, 5.41) is 3.34. The number of rotatable bonds is 4. The van der Waals surface area contributed by atoms with Crippen LogP contribution >= 0.6 is 0 Å². The van der Waals surface area contributed by atoms with Crippen molar-refractivity contribution in [3.8, 4) is 0 Å². The van der Waals surface area contributed by atoms with Crippen LogP contribution in [0.4, 0.5) is 11.6 Å². The first kappa shape index (κ1) is 14.1. The minimum atomic E-state index is -0.119. The van der Waals surface area contributed by atoms with Crippen LogP contribution in [0.25, 0.3) is 0 Å². The molecule has 1 aromatic rings. The van der Waals surface area contributed by atoms with Crippen LogP contribution in [0.15, 0.2) is 18.2 Å². The zero-order valence-corrected chi connectivity index (χ0v) is 12.4. The maximum absolute atomic E-state index is 5.94. The number of nitrogens with one attached hydrogen (secondary N) is 1. The molecule has 1 N–H and O–H groups in total. The first-order valence-electron chi connectivity index (χ1n) is 7.14. The summed E-state index contributed by atoms with van der Waals surface area (Å²) in [5.41, 5.74) is -0.119. The second-order valence-corrected chi connectivity index (χ2v) is 5.88. The maximum atomic E-state index is 5.94. The van der Waals surface area contributed by atoms with Crippen LogP contribution in [0, 0.1) is 0 Å². The zero-order valence-electron chi connectivity index (χ0n) is 12.4. The van der Waals surface area contributed by atoms with Crippen molar-refractivity contribution < 1.29 is 4.74 Å². The number of morpholine rings is 1. The van der Waals surface area contributed by atoms with Crippen LogP contribution in [0.5, 0.6) is 0 Å². The van der Waals surface area contributed by atoms with E-state index in [1.165, 1.54) is 0 Å². The molecule has 0 amide bonds. The van der Waals surface area contributed by atoms with Gasteiger partial charge in [0.15, 0.2) is 0 Å². The summed E-state index contributed by atoms with van der Waals surface area (Å²) >= 11 is 0. The van der Waals surface area contributed by atoms with Gasteiger partial charge in [-0.05, 0) is 39.3 Å². The van der Waals surface area contributed by atoms with Gasteiger partial charge < -0.3 is 15.0 Å². The van der Waals surface area contributed by atoms with E-state index in [4.69, 9.17) is 9.72 Å². The van der Waals surface area contributed by atoms with Crippen molar-refractivity contribution in [2.75, 3.05) is 29.9 Å². The summed E-state index contributed by atoms with van der Waals surface area (Å²) in [6.45, 7) is 11.3. The van der Waals surface area contributed by atoms with E-state index in [-0.39, 0.29) is 11.7 Å². The Morgan fingerprint density at radius 2 is 2.26 bits per heavy atom. The Kier molecular flexibility index (Phi) is 4.30. The predicted octanol–water partition coefficient (Wildman–Crippen LogP) is 2.91. The first-order valence-corrected chi connectivity index (χ1v) is 7.14. The monoisotopic (exact) mass is 263 g/mol. The third-order valence-corrected chi connectivity index (χ3v) is 3.18. The number of aromatic nitrogens is 1. The third kappa shape index (κ3) is 3.83. The Balaban J connectivity index is 2.12. The third-order valence-electron chi connectivity index (χ3n) is 3.18. The lowest BCUT2D eigenvalue weighted by Crippen LogP contribution is -2.52. The molecular weight excluding hydrogens is 238 g/mol. The molecule has 0 bridgehead atoms. The molecule has 1 atom stereocenters. The molecule has 1 aliphatic rings. The van der Waals surface area contributed by atoms with Crippen LogP contribution in [-0.2, 0) is 4.74 Å². The van der Waals surface area contributed by atoms with E-state index in [9.17, 15) is 0 Å². The van der Waals surface area contributed by atoms with Gasteiger partial charge in [0.05, 0.1) is 11.7 Å². The number of nitrogens with zero attached hydrogens (tertiary/aromatic N) is 2. The molecule has 0 aliphatic carbocycles. The van der Waals surface area contributed by atoms with Gasteiger partial charge in [0.2, 0.25) is 0 Å². The van der Waals surface area contributed by atoms with E-state index in [0.29, 0.717) is 0 Å². The topological polar surface area (TPSA) is 37.4 Å². The fourth-order valence-corrected chi connectivity index (χ4v) is 2.58. The highest BCUT2D eigenvalue weighted by Crippen LogP contribution is 2.25. The number of anilines is 2. The molecule has 0 radical (unpaired) electrons. The van der Waals surface area contributed by atoms with Crippen LogP contribution in [0.2, 0.25) is 0 Å². The van der Waals surface area contributed by atoms with E-state index in [1.54, 1.807) is 0 Å². The van der Waals surface area contributed by atoms with Gasteiger partial charge in [-0.25, -0.2) is 4.98 Å². The van der Waals surface area contributed by atoms with Crippen molar-refractivity contribution in [1.82, 2.24) is 4.98 Å². The van der Waals surface area contributed by atoms with Gasteiger partial charge in [-0.3, -0.25) is 0 Å². The molecular formula is C15H25N3O. The number of hydrogen-bond donors (Lipinski definition) is 1. The first-order chi connectivity index (χ1) is 9.00. The molecule has 0 aromatic carbocycles. The Morgan fingerprint density at radius 1 is 1.47 bits per heavy atom. The van der Waals surface area contributed by atoms with E-state index in [1.807, 2.05) is 6.07 Å². The Labute approximate surface area is 116 Å². The molecule has 0 saturated carbocycles. The largest absolute Gasteiger partial charge is 0.370 e. The van der Waals surface area contributed by atoms with E-state index < -0.39 is 0 Å². The SMILES string of the molecule is CCCNc1cccc(N2CC(C)OC(C)(C)C2)n1. The van der Waals surface area contributed by atoms with E-state index in [2.05, 4.69) is 50.0 Å². The summed E-state index contributed by atoms with van der Waals surface area (Å²) in [7, 11) is 0. The van der Waals surface area contributed by atoms with Crippen LogP contribution in [-0.4, -0.2) is 36.3 Å². The zero-order chi connectivity index (χ0) is 13.9. The van der Waals surface area contributed by atoms with E-state index in [0.717, 1.165) is 37.7 Å². The summed E-state index contributed by atoms with van der Waals surface area (Å²) in [6, 6.07) is 6.16. The van der Waals surface area contributed by atoms with Crippen molar-refractivity contribution in [2.45, 2.75) is 45.8 Å². The highest BCUT2D eigenvalue weighted by atomic mass is 16.5. The normalized spacial score (nSPS) is 22.3. The number of hydrogen-bond acceptors (Lipinski definition) is 4. The van der Waals surface area contributed by atoms with Gasteiger partial charge in [0.1, 0.15) is 11.6 Å². The minimum Gasteiger partial charge on any atom is -0.370 e. The predicted molar refractivity (Wildman–Crippen MR) is 79.9 cm³/mol. The molecule has 1 fully saturated rings. The smallest absolute Gasteiger partial charge is 0.131 e. The minimum absolute atomic E-state index is 0.119. The van der Waals surface area contributed by atoms with Gasteiger partial charge in [-0.15, -0.1) is 0 Å². The maximum Gasteiger partial charge on any atom is 0.131 e. The van der Waals surface area contributed by atoms with Crippen LogP contribution in [0.3, 0.4) is 0 Å². The number of pyridine rings is 1. The van der Waals surface area contributed by atoms with Crippen molar-refractivity contribution in [3.63, 3.8) is 0 Å². The molecule has 4 heteroatoms. The lowest BCUT2D eigenvalue weighted by molar-refractivity contribution is -0.0751. The van der Waals surface area contributed by atoms with Crippen molar-refractivity contribution in [2.24, 2.45) is 0 Å². The summed E-state index contributed by atoms with van der Waals surface area (Å²) in [5.74, 6) is 1.99. The number of ether oxygens (including phenoxy) is 1. The Morgan fingerprint density at radius 3 is 2.95 bits per heavy atom. The lowest BCUT2D eigenvalue weighted by Gasteiger charge is -2.42. The van der Waals surface area contributed by atoms with Gasteiger partial charge in [-0.1, -0.05) is 13.0 Å². The van der Waals surface area contributed by atoms with Crippen molar-refractivity contribution in [3.05, 3.63) is 18.2 Å². The molecule has 1 unspecified atom stereocenters. The Hall–Kier alpha value is -1.29. The molecule has 2 heterocycles. The van der Waals surface area contributed by atoms with E-state index >= 15 is 0 Å². The molecule has 1 aromatic heterocycles. The summed E-state index contributed by atoms with van der Waals surface area (Å²) in [4.78, 5) is 7.00. The van der Waals surface area contributed by atoms with Crippen LogP contribution < -0.4 is 10.2 Å². The highest BCUT2D eigenvalue weighted by Gasteiger charge is 2.31. The molecule has 1 saturated heterocycles. The lowest BCUT2D eigenvalue weighted by atomic mass is 10.1. The van der Waals surface area contributed by atoms with Gasteiger partial charge in [0.25, 0.3) is 0 Å². The average molecular weight is 263 g/mol. The molecule has 0 spiro atoms. The quantitative estimate of drug-likeness (QED) is 0.906. The Bertz CT molecular complexity index is 420. The van der Waals surface area contributed by atoms with Crippen LogP contribution in [0.1, 0.15) is 34.1 Å². The summed E-state index contributed by atoms with van der Waals surface area (Å²) < 4.78 is 5.94. The molecule has 4 nitrogen and oxygen atoms in total. The average Bonchev–Trinajstić information content (AvgIpc) is 2.34. The molecule has 2 rings (SSSR count). The van der Waals surface area contributed by atoms with Gasteiger partial charge in [0, 0.05) is 19.6 Å². The standard InChI is InChI=1S/C15H25N3O/c1-5-9-16-13-7-6-8-14(17-13)18-10-12(2)19-15(3,4)11-18/h6-8,12H,5,9-11H2,1-4H3,(H,16,17). The van der Waals surface area contributed by atoms with Crippen molar-refractivity contribution >= 4 is 11.6 Å². The fraction of sp³-hybridized carbons (Fsp3) is 0.667. The molecule has 19 heavy (non-hydrogen) atoms. The van der Waals surface area contributed by atoms with Gasteiger partial charge in [-0.2, -0.15) is 0 Å². The fourth-order valence-electron chi connectivity index (χ4n) is 2.58. The molecule has 106 valence electrons. The molecule has 1 aliphatic heterocycles. The van der Waals surface area contributed by atoms with Gasteiger partial charge >= 0.3 is 0 Å².